The predicted octanol–water partition coefficient (Wildman–Crippen LogP) is 4.50. The Kier molecular flexibility index (Phi) is 4.66. The lowest BCUT2D eigenvalue weighted by atomic mass is 9.91. The van der Waals surface area contributed by atoms with Crippen molar-refractivity contribution in [2.45, 2.75) is 45.9 Å². The fourth-order valence-electron chi connectivity index (χ4n) is 2.16. The van der Waals surface area contributed by atoms with Gasteiger partial charge in [0.25, 0.3) is 0 Å². The first-order valence-electron chi connectivity index (χ1n) is 5.70. The smallest absolute Gasteiger partial charge is 0.0310 e. The topological polar surface area (TPSA) is 0 Å². The SMILES string of the molecule is Cc1cccc(C)c1CC(C)CC(C)Cl. The maximum absolute atomic E-state index is 6.02. The minimum absolute atomic E-state index is 0.282. The van der Waals surface area contributed by atoms with Crippen molar-refractivity contribution in [2.75, 3.05) is 0 Å². The Morgan fingerprint density at radius 1 is 1.13 bits per heavy atom. The second-order valence-electron chi connectivity index (χ2n) is 4.70. The molecule has 1 aromatic carbocycles. The summed E-state index contributed by atoms with van der Waals surface area (Å²) in [5.41, 5.74) is 4.32. The lowest BCUT2D eigenvalue weighted by Gasteiger charge is -2.16. The lowest BCUT2D eigenvalue weighted by molar-refractivity contribution is 0.524. The zero-order valence-corrected chi connectivity index (χ0v) is 10.9. The quantitative estimate of drug-likeness (QED) is 0.661. The highest BCUT2D eigenvalue weighted by atomic mass is 35.5. The summed E-state index contributed by atoms with van der Waals surface area (Å²) < 4.78 is 0. The lowest BCUT2D eigenvalue weighted by Crippen LogP contribution is -2.07. The van der Waals surface area contributed by atoms with Gasteiger partial charge in [-0.25, -0.2) is 0 Å². The molecule has 0 bridgehead atoms. The van der Waals surface area contributed by atoms with E-state index in [1.807, 2.05) is 0 Å². The normalized spacial score (nSPS) is 15.0. The molecule has 15 heavy (non-hydrogen) atoms. The molecule has 0 radical (unpaired) electrons. The number of hydrogen-bond donors (Lipinski definition) is 0. The highest BCUT2D eigenvalue weighted by molar-refractivity contribution is 6.20. The van der Waals surface area contributed by atoms with E-state index in [4.69, 9.17) is 11.6 Å². The van der Waals surface area contributed by atoms with Crippen molar-refractivity contribution in [3.8, 4) is 0 Å². The molecule has 0 N–H and O–H groups in total. The summed E-state index contributed by atoms with van der Waals surface area (Å²) in [6, 6.07) is 6.52. The van der Waals surface area contributed by atoms with Gasteiger partial charge in [-0.2, -0.15) is 0 Å². The van der Waals surface area contributed by atoms with Gasteiger partial charge in [0.05, 0.1) is 0 Å². The molecule has 0 amide bonds. The molecule has 0 heterocycles. The Hall–Kier alpha value is -0.490. The van der Waals surface area contributed by atoms with Crippen LogP contribution in [0.5, 0.6) is 0 Å². The highest BCUT2D eigenvalue weighted by Gasteiger charge is 2.10. The molecule has 1 rings (SSSR count). The van der Waals surface area contributed by atoms with Crippen molar-refractivity contribution in [1.82, 2.24) is 0 Å². The molecule has 1 heteroatoms. The minimum Gasteiger partial charge on any atom is -0.123 e. The highest BCUT2D eigenvalue weighted by Crippen LogP contribution is 2.21. The number of alkyl halides is 1. The molecule has 0 nitrogen and oxygen atoms in total. The summed E-state index contributed by atoms with van der Waals surface area (Å²) in [7, 11) is 0. The van der Waals surface area contributed by atoms with E-state index in [1.54, 1.807) is 0 Å². The van der Waals surface area contributed by atoms with Gasteiger partial charge in [-0.1, -0.05) is 25.1 Å². The molecule has 0 aliphatic heterocycles. The van der Waals surface area contributed by atoms with E-state index in [9.17, 15) is 0 Å². The monoisotopic (exact) mass is 224 g/mol. The molecule has 0 spiro atoms. The summed E-state index contributed by atoms with van der Waals surface area (Å²) in [4.78, 5) is 0. The molecule has 0 saturated heterocycles. The van der Waals surface area contributed by atoms with Gasteiger partial charge < -0.3 is 0 Å². The predicted molar refractivity (Wildman–Crippen MR) is 68.7 cm³/mol. The molecule has 84 valence electrons. The average Bonchev–Trinajstić information content (AvgIpc) is 2.10. The Labute approximate surface area is 98.7 Å². The first-order chi connectivity index (χ1) is 7.00. The van der Waals surface area contributed by atoms with Crippen molar-refractivity contribution in [3.05, 3.63) is 34.9 Å². The summed E-state index contributed by atoms with van der Waals surface area (Å²) >= 11 is 6.02. The number of hydrogen-bond acceptors (Lipinski definition) is 0. The summed E-state index contributed by atoms with van der Waals surface area (Å²) in [5.74, 6) is 0.664. The maximum atomic E-state index is 6.02. The summed E-state index contributed by atoms with van der Waals surface area (Å²) in [5, 5.41) is 0.282. The molecular formula is C14H21Cl. The second-order valence-corrected chi connectivity index (χ2v) is 5.44. The molecule has 0 aliphatic rings. The van der Waals surface area contributed by atoms with Crippen molar-refractivity contribution in [2.24, 2.45) is 5.92 Å². The van der Waals surface area contributed by atoms with E-state index < -0.39 is 0 Å². The van der Waals surface area contributed by atoms with Gasteiger partial charge in [0, 0.05) is 5.38 Å². The van der Waals surface area contributed by atoms with Crippen LogP contribution in [-0.4, -0.2) is 5.38 Å². The van der Waals surface area contributed by atoms with Crippen LogP contribution in [0.25, 0.3) is 0 Å². The van der Waals surface area contributed by atoms with Crippen LogP contribution < -0.4 is 0 Å². The number of rotatable bonds is 4. The van der Waals surface area contributed by atoms with Gasteiger partial charge in [-0.05, 0) is 56.2 Å². The standard InChI is InChI=1S/C14H21Cl/c1-10(8-13(4)15)9-14-11(2)6-5-7-12(14)3/h5-7,10,13H,8-9H2,1-4H3. The van der Waals surface area contributed by atoms with E-state index in [0.717, 1.165) is 12.8 Å². The Morgan fingerprint density at radius 2 is 1.67 bits per heavy atom. The van der Waals surface area contributed by atoms with E-state index in [-0.39, 0.29) is 5.38 Å². The zero-order chi connectivity index (χ0) is 11.4. The zero-order valence-electron chi connectivity index (χ0n) is 10.2. The Bertz CT molecular complexity index is 295. The average molecular weight is 225 g/mol. The van der Waals surface area contributed by atoms with Crippen molar-refractivity contribution in [1.29, 1.82) is 0 Å². The van der Waals surface area contributed by atoms with Gasteiger partial charge in [-0.3, -0.25) is 0 Å². The van der Waals surface area contributed by atoms with E-state index in [0.29, 0.717) is 5.92 Å². The summed E-state index contributed by atoms with van der Waals surface area (Å²) in [6.07, 6.45) is 2.24. The number of aryl methyl sites for hydroxylation is 2. The molecule has 2 unspecified atom stereocenters. The third-order valence-electron chi connectivity index (χ3n) is 2.92. The summed E-state index contributed by atoms with van der Waals surface area (Å²) in [6.45, 7) is 8.74. The minimum atomic E-state index is 0.282. The Morgan fingerprint density at radius 3 is 2.13 bits per heavy atom. The molecule has 0 aromatic heterocycles. The third-order valence-corrected chi connectivity index (χ3v) is 3.10. The van der Waals surface area contributed by atoms with Gasteiger partial charge in [0.15, 0.2) is 0 Å². The molecule has 0 saturated carbocycles. The van der Waals surface area contributed by atoms with Crippen LogP contribution in [-0.2, 0) is 6.42 Å². The fraction of sp³-hybridized carbons (Fsp3) is 0.571. The fourth-order valence-corrected chi connectivity index (χ4v) is 2.46. The van der Waals surface area contributed by atoms with E-state index in [1.165, 1.54) is 16.7 Å². The van der Waals surface area contributed by atoms with Crippen LogP contribution in [0.3, 0.4) is 0 Å². The van der Waals surface area contributed by atoms with Crippen LogP contribution in [0, 0.1) is 19.8 Å². The van der Waals surface area contributed by atoms with Gasteiger partial charge in [-0.15, -0.1) is 11.6 Å². The number of halogens is 1. The van der Waals surface area contributed by atoms with Crippen LogP contribution in [0.4, 0.5) is 0 Å². The van der Waals surface area contributed by atoms with Gasteiger partial charge in [0.2, 0.25) is 0 Å². The van der Waals surface area contributed by atoms with Crippen LogP contribution in [0.15, 0.2) is 18.2 Å². The molecule has 2 atom stereocenters. The first-order valence-corrected chi connectivity index (χ1v) is 6.13. The number of benzene rings is 1. The van der Waals surface area contributed by atoms with Crippen LogP contribution in [0.2, 0.25) is 0 Å². The molecule has 0 fully saturated rings. The van der Waals surface area contributed by atoms with E-state index >= 15 is 0 Å². The Balaban J connectivity index is 2.71. The first kappa shape index (κ1) is 12.6. The van der Waals surface area contributed by atoms with Gasteiger partial charge >= 0.3 is 0 Å². The van der Waals surface area contributed by atoms with Crippen molar-refractivity contribution < 1.29 is 0 Å². The molecule has 1 aromatic rings. The maximum Gasteiger partial charge on any atom is 0.0310 e. The third kappa shape index (κ3) is 3.87. The molecule has 0 aliphatic carbocycles. The van der Waals surface area contributed by atoms with Crippen molar-refractivity contribution >= 4 is 11.6 Å². The van der Waals surface area contributed by atoms with Crippen LogP contribution in [0.1, 0.15) is 37.0 Å². The van der Waals surface area contributed by atoms with Gasteiger partial charge in [0.1, 0.15) is 0 Å². The second kappa shape index (κ2) is 5.55. The largest absolute Gasteiger partial charge is 0.123 e. The molecular weight excluding hydrogens is 204 g/mol. The van der Waals surface area contributed by atoms with Crippen LogP contribution >= 0.6 is 11.6 Å². The van der Waals surface area contributed by atoms with Crippen molar-refractivity contribution in [3.63, 3.8) is 0 Å². The van der Waals surface area contributed by atoms with E-state index in [2.05, 4.69) is 45.9 Å².